The van der Waals surface area contributed by atoms with Gasteiger partial charge in [0, 0.05) is 53.8 Å². The van der Waals surface area contributed by atoms with Crippen LogP contribution >= 0.6 is 22.7 Å². The van der Waals surface area contributed by atoms with Crippen molar-refractivity contribution in [1.29, 1.82) is 0 Å². The fourth-order valence-electron chi connectivity index (χ4n) is 12.3. The molecule has 0 saturated heterocycles. The zero-order valence-electron chi connectivity index (χ0n) is 56.1. The molecule has 102 heavy (non-hydrogen) atoms. The Bertz CT molecular complexity index is 4390. The summed E-state index contributed by atoms with van der Waals surface area (Å²) in [6.45, 7) is 8.62. The number of carbonyl (C=O) groups excluding carboxylic acids is 3. The highest BCUT2D eigenvalue weighted by atomic mass is 32.1. The van der Waals surface area contributed by atoms with Gasteiger partial charge in [-0.25, -0.2) is 4.79 Å². The number of carboxylic acid groups (broad SMARTS) is 2. The topological polar surface area (TPSA) is 174 Å². The Morgan fingerprint density at radius 2 is 0.863 bits per heavy atom. The molecule has 2 aliphatic carbocycles. The third-order valence-electron chi connectivity index (χ3n) is 18.2. The maximum Gasteiger partial charge on any atom is 0.416 e. The van der Waals surface area contributed by atoms with Crippen molar-refractivity contribution in [1.82, 2.24) is 25.1 Å². The van der Waals surface area contributed by atoms with Crippen LogP contribution in [-0.4, -0.2) is 51.1 Å². The van der Waals surface area contributed by atoms with E-state index in [0.717, 1.165) is 130 Å². The molecule has 20 heteroatoms. The van der Waals surface area contributed by atoms with Crippen LogP contribution in [0, 0.1) is 13.8 Å². The van der Waals surface area contributed by atoms with Crippen LogP contribution in [-0.2, 0) is 62.5 Å². The molecule has 2 saturated carbocycles. The number of aromatic carboxylic acids is 2. The number of benzene rings is 8. The van der Waals surface area contributed by atoms with Gasteiger partial charge in [0.25, 0.3) is 11.8 Å². The first-order valence-electron chi connectivity index (χ1n) is 33.5. The van der Waals surface area contributed by atoms with Gasteiger partial charge in [-0.1, -0.05) is 182 Å². The highest BCUT2D eigenvalue weighted by molar-refractivity contribution is 7.19. The summed E-state index contributed by atoms with van der Waals surface area (Å²) in [6, 6.07) is 69.1. The lowest BCUT2D eigenvalue weighted by Crippen LogP contribution is -2.83. The number of hydrogen-bond acceptors (Lipinski definition) is 8. The van der Waals surface area contributed by atoms with Crippen LogP contribution in [0.25, 0.3) is 20.4 Å². The highest BCUT2D eigenvalue weighted by Crippen LogP contribution is 2.48. The molecule has 12 aromatic rings. The second-order valence-electron chi connectivity index (χ2n) is 25.5. The zero-order chi connectivity index (χ0) is 72.0. The van der Waals surface area contributed by atoms with E-state index in [4.69, 9.17) is 5.11 Å². The summed E-state index contributed by atoms with van der Waals surface area (Å²) in [5.41, 5.74) is 9.02. The summed E-state index contributed by atoms with van der Waals surface area (Å²) in [7, 11) is 0. The molecule has 2 fully saturated rings. The second-order valence-corrected chi connectivity index (χ2v) is 28.0. The lowest BCUT2D eigenvalue weighted by Gasteiger charge is -2.19. The molecule has 0 radical (unpaired) electrons. The van der Waals surface area contributed by atoms with Crippen LogP contribution in [0.5, 0.6) is 0 Å². The molecule has 524 valence electrons. The first kappa shape index (κ1) is 72.9. The van der Waals surface area contributed by atoms with Crippen LogP contribution < -0.4 is 26.4 Å². The summed E-state index contributed by atoms with van der Waals surface area (Å²) in [5.74, 6) is -2.71. The van der Waals surface area contributed by atoms with Crippen molar-refractivity contribution in [2.24, 2.45) is 0 Å². The number of aromatic nitrogens is 2. The fourth-order valence-corrected chi connectivity index (χ4v) is 14.4. The van der Waals surface area contributed by atoms with Gasteiger partial charge in [-0.3, -0.25) is 9.59 Å². The lowest BCUT2D eigenvalue weighted by atomic mass is 10.0. The number of carboxylic acids is 2. The molecule has 0 spiro atoms. The minimum atomic E-state index is -4.39. The van der Waals surface area contributed by atoms with E-state index >= 15 is 0 Å². The first-order chi connectivity index (χ1) is 49.0. The van der Waals surface area contributed by atoms with E-state index in [9.17, 15) is 50.6 Å². The van der Waals surface area contributed by atoms with Gasteiger partial charge in [0.1, 0.15) is 6.54 Å². The predicted octanol–water partition coefficient (Wildman–Crippen LogP) is 16.1. The van der Waals surface area contributed by atoms with E-state index in [0.29, 0.717) is 35.3 Å². The van der Waals surface area contributed by atoms with E-state index in [2.05, 4.69) is 137 Å². The van der Waals surface area contributed by atoms with Gasteiger partial charge >= 0.3 is 18.3 Å². The SMILES string of the molecule is Cc1sc2ccn(Cc3ccc(C(F)(F)F)cc3)c2c1C(=O)NC1(c2ccc(C(=O)O)cc2)CC1.Cc1sc2ccn(Cc3ccc(C(F)(F)F)cc3)c2c1C(=O)NC1(c2ccc(C(=O)[O-])cc2)CC1.c1ccc(CCNCc2ccccc2)cc1.c1ccc(CC[NH2+]Cc2ccccc2)cc1. The Balaban J connectivity index is 0.000000146. The number of nitrogens with two attached hydrogens (primary N) is 1. The number of halogens is 6. The van der Waals surface area contributed by atoms with Gasteiger partial charge in [-0.05, 0) is 146 Å². The molecule has 4 heterocycles. The molecule has 2 amide bonds. The number of alkyl halides is 6. The van der Waals surface area contributed by atoms with Gasteiger partial charge < -0.3 is 45.4 Å². The minimum absolute atomic E-state index is 0.0763. The summed E-state index contributed by atoms with van der Waals surface area (Å²) >= 11 is 2.99. The van der Waals surface area contributed by atoms with Crippen LogP contribution in [0.4, 0.5) is 26.3 Å². The van der Waals surface area contributed by atoms with E-state index in [1.54, 1.807) is 24.3 Å². The van der Waals surface area contributed by atoms with Gasteiger partial charge in [0.2, 0.25) is 0 Å². The Morgan fingerprint density at radius 3 is 1.25 bits per heavy atom. The minimum Gasteiger partial charge on any atom is -0.545 e. The number of nitrogens with zero attached hydrogens (tertiary/aromatic N) is 2. The third kappa shape index (κ3) is 18.8. The molecule has 6 N–H and O–H groups in total. The maximum atomic E-state index is 13.5. The highest BCUT2D eigenvalue weighted by Gasteiger charge is 2.47. The summed E-state index contributed by atoms with van der Waals surface area (Å²) in [4.78, 5) is 50.8. The van der Waals surface area contributed by atoms with Gasteiger partial charge in [0.15, 0.2) is 0 Å². The van der Waals surface area contributed by atoms with E-state index in [-0.39, 0.29) is 22.9 Å². The number of amides is 2. The van der Waals surface area contributed by atoms with E-state index < -0.39 is 46.5 Å². The molecular formula is C82H76F6N6O6S2. The van der Waals surface area contributed by atoms with Crippen molar-refractivity contribution in [2.75, 3.05) is 13.1 Å². The van der Waals surface area contributed by atoms with Crippen molar-refractivity contribution in [3.05, 3.63) is 331 Å². The van der Waals surface area contributed by atoms with Crippen LogP contribution in [0.3, 0.4) is 0 Å². The molecule has 0 bridgehead atoms. The van der Waals surface area contributed by atoms with Gasteiger partial charge in [-0.2, -0.15) is 26.3 Å². The van der Waals surface area contributed by atoms with Crippen molar-refractivity contribution < 1.29 is 61.1 Å². The first-order valence-corrected chi connectivity index (χ1v) is 35.2. The number of quaternary nitrogens is 1. The standard InChI is InChI=1S/2C26H21F3N2O3S.2C15H17N/c2*1-15-21(23(32)30-25(11-12-25)18-8-4-17(5-9-18)24(33)34)22-20(35-15)10-13-31(22)14-16-2-6-19(7-3-16)26(27,28)29;2*1-3-7-14(8-4-1)11-12-16-13-15-9-5-2-6-10-15/h2*2-10,13H,11-12,14H2,1H3,(H,30,32)(H,33,34);2*1-10,16H,11-13H2. The van der Waals surface area contributed by atoms with Crippen LogP contribution in [0.15, 0.2) is 243 Å². The normalized spacial score (nSPS) is 13.3. The summed E-state index contributed by atoms with van der Waals surface area (Å²) < 4.78 is 83.0. The third-order valence-corrected chi connectivity index (χ3v) is 20.3. The van der Waals surface area contributed by atoms with Crippen molar-refractivity contribution in [3.8, 4) is 0 Å². The predicted molar refractivity (Wildman–Crippen MR) is 387 cm³/mol. The Morgan fingerprint density at radius 1 is 0.480 bits per heavy atom. The molecule has 8 aromatic carbocycles. The number of fused-ring (bicyclic) bond motifs is 2. The largest absolute Gasteiger partial charge is 0.545 e. The number of thiophene rings is 2. The molecule has 14 rings (SSSR count). The maximum absolute atomic E-state index is 13.5. The van der Waals surface area contributed by atoms with Crippen molar-refractivity contribution >= 4 is 66.9 Å². The van der Waals surface area contributed by atoms with Crippen molar-refractivity contribution in [2.45, 2.75) is 102 Å². The smallest absolute Gasteiger partial charge is 0.416 e. The molecule has 0 unspecified atom stereocenters. The average Bonchev–Trinajstić information content (AvgIpc) is 1.52. The number of aryl methyl sites for hydroxylation is 2. The molecule has 2 aliphatic rings. The van der Waals surface area contributed by atoms with E-state index in [1.807, 2.05) is 53.6 Å². The number of carbonyl (C=O) groups is 4. The molecule has 12 nitrogen and oxygen atoms in total. The Kier molecular flexibility index (Phi) is 23.2. The number of hydrogen-bond donors (Lipinski definition) is 5. The molecule has 4 aromatic heterocycles. The molecular weight excluding hydrogens is 1340 g/mol. The summed E-state index contributed by atoms with van der Waals surface area (Å²) in [5, 5.41) is 32.3. The number of nitrogens with one attached hydrogen (secondary N) is 3. The Hall–Kier alpha value is -10.4. The lowest BCUT2D eigenvalue weighted by molar-refractivity contribution is -0.670. The monoisotopic (exact) mass is 1420 g/mol. The second kappa shape index (κ2) is 32.5. The van der Waals surface area contributed by atoms with E-state index in [1.165, 1.54) is 93.5 Å². The molecule has 0 atom stereocenters. The number of rotatable bonds is 22. The Labute approximate surface area is 595 Å². The van der Waals surface area contributed by atoms with Gasteiger partial charge in [0.05, 0.1) is 71.8 Å². The van der Waals surface area contributed by atoms with Crippen LogP contribution in [0.1, 0.15) is 133 Å². The average molecular weight is 1420 g/mol. The quantitative estimate of drug-likeness (QED) is 0.0332. The molecule has 0 aliphatic heterocycles. The van der Waals surface area contributed by atoms with Gasteiger partial charge in [-0.15, -0.1) is 22.7 Å². The fraction of sp³-hybridized carbons (Fsp3) is 0.220. The van der Waals surface area contributed by atoms with Crippen LogP contribution in [0.2, 0.25) is 0 Å². The zero-order valence-corrected chi connectivity index (χ0v) is 57.8. The summed E-state index contributed by atoms with van der Waals surface area (Å²) in [6.07, 6.45) is 0.119. The van der Waals surface area contributed by atoms with Crippen molar-refractivity contribution in [3.63, 3.8) is 0 Å².